The van der Waals surface area contributed by atoms with Crippen LogP contribution in [0.15, 0.2) is 36.4 Å². The summed E-state index contributed by atoms with van der Waals surface area (Å²) in [7, 11) is 3.20. The second kappa shape index (κ2) is 6.22. The monoisotopic (exact) mass is 286 g/mol. The Hall–Kier alpha value is -2.62. The van der Waals surface area contributed by atoms with E-state index in [0.717, 1.165) is 16.7 Å². The lowest BCUT2D eigenvalue weighted by Crippen LogP contribution is -1.88. The van der Waals surface area contributed by atoms with E-state index >= 15 is 0 Å². The first-order chi connectivity index (χ1) is 10.0. The van der Waals surface area contributed by atoms with E-state index in [1.165, 1.54) is 6.07 Å². The van der Waals surface area contributed by atoms with Gasteiger partial charge in [0.1, 0.15) is 23.0 Å². The van der Waals surface area contributed by atoms with Crippen molar-refractivity contribution in [2.24, 2.45) is 0 Å². The number of methoxy groups -OCH3 is 2. The lowest BCUT2D eigenvalue weighted by Gasteiger charge is -2.08. The Morgan fingerprint density at radius 3 is 1.86 bits per heavy atom. The molecule has 0 aromatic heterocycles. The van der Waals surface area contributed by atoms with Crippen LogP contribution in [0.25, 0.3) is 11.6 Å². The van der Waals surface area contributed by atoms with Crippen molar-refractivity contribution in [3.63, 3.8) is 0 Å². The Labute approximate surface area is 123 Å². The Bertz CT molecular complexity index is 632. The molecular weight excluding hydrogens is 268 g/mol. The summed E-state index contributed by atoms with van der Waals surface area (Å²) in [6, 6.07) is 10.1. The van der Waals surface area contributed by atoms with Gasteiger partial charge < -0.3 is 19.7 Å². The summed E-state index contributed by atoms with van der Waals surface area (Å²) in [5, 5.41) is 19.1. The average molecular weight is 286 g/mol. The molecule has 21 heavy (non-hydrogen) atoms. The Morgan fingerprint density at radius 2 is 1.38 bits per heavy atom. The predicted molar refractivity (Wildman–Crippen MR) is 82.9 cm³/mol. The van der Waals surface area contributed by atoms with Gasteiger partial charge in [0.05, 0.1) is 14.2 Å². The highest BCUT2D eigenvalue weighted by Gasteiger charge is 2.04. The minimum absolute atomic E-state index is 0.0287. The molecule has 110 valence electrons. The van der Waals surface area contributed by atoms with Crippen molar-refractivity contribution in [3.05, 3.63) is 47.5 Å². The molecule has 4 heteroatoms. The minimum Gasteiger partial charge on any atom is -0.508 e. The van der Waals surface area contributed by atoms with Crippen LogP contribution in [0.1, 0.15) is 18.1 Å². The maximum atomic E-state index is 9.55. The standard InChI is InChI=1S/C17H18O4/c1-11(13-7-14(18)9-15(19)8-13)4-12-5-16(20-2)10-17(6-12)21-3/h4-10,18-19H,1-3H3. The molecule has 0 saturated heterocycles. The van der Waals surface area contributed by atoms with Gasteiger partial charge in [-0.3, -0.25) is 0 Å². The molecule has 0 fully saturated rings. The first-order valence-electron chi connectivity index (χ1n) is 6.46. The van der Waals surface area contributed by atoms with Crippen molar-refractivity contribution in [3.8, 4) is 23.0 Å². The fourth-order valence-corrected chi connectivity index (χ4v) is 2.07. The van der Waals surface area contributed by atoms with Crippen LogP contribution in [-0.4, -0.2) is 24.4 Å². The molecule has 2 rings (SSSR count). The number of phenolic OH excluding ortho intramolecular Hbond substituents is 2. The van der Waals surface area contributed by atoms with Gasteiger partial charge in [0.25, 0.3) is 0 Å². The first-order valence-corrected chi connectivity index (χ1v) is 6.46. The molecule has 0 unspecified atom stereocenters. The minimum atomic E-state index is 0.0287. The molecule has 0 aliphatic heterocycles. The highest BCUT2D eigenvalue weighted by molar-refractivity contribution is 5.81. The van der Waals surface area contributed by atoms with Crippen LogP contribution in [0.3, 0.4) is 0 Å². The highest BCUT2D eigenvalue weighted by Crippen LogP contribution is 2.29. The van der Waals surface area contributed by atoms with Gasteiger partial charge in [-0.25, -0.2) is 0 Å². The van der Waals surface area contributed by atoms with Crippen molar-refractivity contribution in [2.75, 3.05) is 14.2 Å². The van der Waals surface area contributed by atoms with E-state index in [2.05, 4.69) is 0 Å². The summed E-state index contributed by atoms with van der Waals surface area (Å²) < 4.78 is 10.5. The van der Waals surface area contributed by atoms with Crippen molar-refractivity contribution in [1.29, 1.82) is 0 Å². The largest absolute Gasteiger partial charge is 0.508 e. The third-order valence-electron chi connectivity index (χ3n) is 3.11. The summed E-state index contributed by atoms with van der Waals surface area (Å²) in [4.78, 5) is 0. The summed E-state index contributed by atoms with van der Waals surface area (Å²) in [5.74, 6) is 1.46. The Morgan fingerprint density at radius 1 is 0.857 bits per heavy atom. The molecule has 2 aromatic rings. The van der Waals surface area contributed by atoms with Gasteiger partial charge in [-0.15, -0.1) is 0 Å². The molecule has 4 nitrogen and oxygen atoms in total. The van der Waals surface area contributed by atoms with Gasteiger partial charge in [0.2, 0.25) is 0 Å². The third-order valence-corrected chi connectivity index (χ3v) is 3.11. The van der Waals surface area contributed by atoms with E-state index in [-0.39, 0.29) is 11.5 Å². The zero-order valence-electron chi connectivity index (χ0n) is 12.3. The zero-order valence-corrected chi connectivity index (χ0v) is 12.3. The summed E-state index contributed by atoms with van der Waals surface area (Å²) >= 11 is 0. The molecule has 2 aromatic carbocycles. The average Bonchev–Trinajstić information content (AvgIpc) is 2.45. The summed E-state index contributed by atoms with van der Waals surface area (Å²) in [6.07, 6.45) is 1.93. The van der Waals surface area contributed by atoms with Crippen molar-refractivity contribution < 1.29 is 19.7 Å². The fraction of sp³-hybridized carbons (Fsp3) is 0.176. The molecule has 0 aliphatic carbocycles. The molecule has 0 saturated carbocycles. The van der Waals surface area contributed by atoms with Gasteiger partial charge in [0, 0.05) is 12.1 Å². The van der Waals surface area contributed by atoms with Crippen LogP contribution in [0.5, 0.6) is 23.0 Å². The highest BCUT2D eigenvalue weighted by atomic mass is 16.5. The number of hydrogen-bond donors (Lipinski definition) is 2. The summed E-state index contributed by atoms with van der Waals surface area (Å²) in [5.41, 5.74) is 2.55. The first kappa shape index (κ1) is 14.8. The third kappa shape index (κ3) is 3.69. The topological polar surface area (TPSA) is 58.9 Å². The molecular formula is C17H18O4. The smallest absolute Gasteiger partial charge is 0.123 e. The van der Waals surface area contributed by atoms with Gasteiger partial charge in [-0.05, 0) is 47.9 Å². The zero-order chi connectivity index (χ0) is 15.4. The second-order valence-electron chi connectivity index (χ2n) is 4.71. The molecule has 0 amide bonds. The van der Waals surface area contributed by atoms with Gasteiger partial charge in [0.15, 0.2) is 0 Å². The van der Waals surface area contributed by atoms with Crippen LogP contribution >= 0.6 is 0 Å². The maximum Gasteiger partial charge on any atom is 0.123 e. The van der Waals surface area contributed by atoms with E-state index in [4.69, 9.17) is 9.47 Å². The van der Waals surface area contributed by atoms with Crippen LogP contribution in [0, 0.1) is 0 Å². The Kier molecular flexibility index (Phi) is 4.38. The predicted octanol–water partition coefficient (Wildman–Crippen LogP) is 3.68. The number of allylic oxidation sites excluding steroid dienone is 1. The van der Waals surface area contributed by atoms with E-state index in [0.29, 0.717) is 11.5 Å². The van der Waals surface area contributed by atoms with Crippen molar-refractivity contribution in [2.45, 2.75) is 6.92 Å². The van der Waals surface area contributed by atoms with Crippen LogP contribution in [0.2, 0.25) is 0 Å². The number of aromatic hydroxyl groups is 2. The molecule has 0 spiro atoms. The van der Waals surface area contributed by atoms with Crippen molar-refractivity contribution in [1.82, 2.24) is 0 Å². The number of phenols is 2. The van der Waals surface area contributed by atoms with E-state index in [1.54, 1.807) is 32.4 Å². The van der Waals surface area contributed by atoms with Gasteiger partial charge >= 0.3 is 0 Å². The molecule has 0 radical (unpaired) electrons. The molecule has 0 bridgehead atoms. The van der Waals surface area contributed by atoms with Crippen LogP contribution in [-0.2, 0) is 0 Å². The van der Waals surface area contributed by atoms with Crippen LogP contribution in [0.4, 0.5) is 0 Å². The fourth-order valence-electron chi connectivity index (χ4n) is 2.07. The number of benzene rings is 2. The lowest BCUT2D eigenvalue weighted by molar-refractivity contribution is 0.394. The number of hydrogen-bond acceptors (Lipinski definition) is 4. The maximum absolute atomic E-state index is 9.55. The molecule has 0 atom stereocenters. The van der Waals surface area contributed by atoms with Crippen molar-refractivity contribution >= 4 is 11.6 Å². The number of ether oxygens (including phenoxy) is 2. The lowest BCUT2D eigenvalue weighted by atomic mass is 10.0. The van der Waals surface area contributed by atoms with E-state index in [1.807, 2.05) is 25.1 Å². The van der Waals surface area contributed by atoms with E-state index in [9.17, 15) is 10.2 Å². The second-order valence-corrected chi connectivity index (χ2v) is 4.71. The summed E-state index contributed by atoms with van der Waals surface area (Å²) in [6.45, 7) is 1.90. The van der Waals surface area contributed by atoms with E-state index < -0.39 is 0 Å². The molecule has 0 heterocycles. The normalized spacial score (nSPS) is 11.3. The SMILES string of the molecule is COc1cc(C=C(C)c2cc(O)cc(O)c2)cc(OC)c1. The quantitative estimate of drug-likeness (QED) is 0.842. The van der Waals surface area contributed by atoms with Gasteiger partial charge in [-0.1, -0.05) is 6.08 Å². The molecule has 0 aliphatic rings. The van der Waals surface area contributed by atoms with Gasteiger partial charge in [-0.2, -0.15) is 0 Å². The Balaban J connectivity index is 2.42. The number of rotatable bonds is 4. The molecule has 2 N–H and O–H groups in total. The van der Waals surface area contributed by atoms with Crippen LogP contribution < -0.4 is 9.47 Å².